The van der Waals surface area contributed by atoms with Crippen molar-refractivity contribution in [1.29, 1.82) is 0 Å². The monoisotopic (exact) mass is 335 g/mol. The molecule has 1 N–H and O–H groups in total. The third-order valence-electron chi connectivity index (χ3n) is 2.74. The summed E-state index contributed by atoms with van der Waals surface area (Å²) in [6.07, 6.45) is -1.57. The van der Waals surface area contributed by atoms with Crippen LogP contribution >= 0.6 is 11.6 Å². The molecule has 0 fully saturated rings. The first-order valence-electron chi connectivity index (χ1n) is 5.86. The van der Waals surface area contributed by atoms with Gasteiger partial charge in [0.15, 0.2) is 0 Å². The summed E-state index contributed by atoms with van der Waals surface area (Å²) in [5, 5.41) is 0.176. The molecule has 114 valence electrons. The second-order valence-electron chi connectivity index (χ2n) is 4.97. The van der Waals surface area contributed by atoms with Gasteiger partial charge in [-0.25, -0.2) is 22.2 Å². The number of hydrogen-bond donors (Lipinski definition) is 1. The Morgan fingerprint density at radius 3 is 2.57 bits per heavy atom. The average molecular weight is 336 g/mol. The molecule has 0 atom stereocenters. The topological polar surface area (TPSA) is 72.0 Å². The van der Waals surface area contributed by atoms with E-state index in [1.54, 1.807) is 0 Å². The third kappa shape index (κ3) is 3.45. The van der Waals surface area contributed by atoms with E-state index in [1.807, 2.05) is 4.72 Å². The Balaban J connectivity index is 2.43. The fourth-order valence-corrected chi connectivity index (χ4v) is 3.14. The predicted molar refractivity (Wildman–Crippen MR) is 75.0 cm³/mol. The van der Waals surface area contributed by atoms with Gasteiger partial charge >= 0.3 is 0 Å². The summed E-state index contributed by atoms with van der Waals surface area (Å²) in [5.41, 5.74) is -1.16. The van der Waals surface area contributed by atoms with Crippen LogP contribution in [0.2, 0.25) is 5.15 Å². The summed E-state index contributed by atoms with van der Waals surface area (Å²) >= 11 is 5.68. The number of benzene rings is 1. The second-order valence-corrected chi connectivity index (χ2v) is 7.04. The normalized spacial score (nSPS) is 13.0. The quantitative estimate of drug-likeness (QED) is 0.932. The smallest absolute Gasteiger partial charge is 0.251 e. The standard InChI is InChI=1S/C12H12ClF2N3O2S/c1-12(2,11(14)15)18-21(19,20)7-3-4-8-9(5-7)16-6-10(13)17-8/h3-6,11,18H,1-2H3. The highest BCUT2D eigenvalue weighted by molar-refractivity contribution is 7.89. The zero-order chi connectivity index (χ0) is 15.8. The van der Waals surface area contributed by atoms with Gasteiger partial charge in [-0.05, 0) is 32.0 Å². The van der Waals surface area contributed by atoms with Crippen LogP contribution in [0.1, 0.15) is 13.8 Å². The summed E-state index contributed by atoms with van der Waals surface area (Å²) in [6.45, 7) is 2.21. The van der Waals surface area contributed by atoms with E-state index in [-0.39, 0.29) is 10.0 Å². The van der Waals surface area contributed by atoms with E-state index < -0.39 is 22.0 Å². The molecule has 21 heavy (non-hydrogen) atoms. The molecule has 0 amide bonds. The molecule has 1 aromatic heterocycles. The number of hydrogen-bond acceptors (Lipinski definition) is 4. The van der Waals surface area contributed by atoms with Crippen LogP contribution in [-0.4, -0.2) is 30.4 Å². The Morgan fingerprint density at radius 2 is 1.95 bits per heavy atom. The van der Waals surface area contributed by atoms with Gasteiger partial charge in [-0.3, -0.25) is 4.98 Å². The van der Waals surface area contributed by atoms with Crippen LogP contribution in [0.4, 0.5) is 8.78 Å². The highest BCUT2D eigenvalue weighted by atomic mass is 35.5. The second kappa shape index (κ2) is 5.43. The molecule has 0 aliphatic carbocycles. The van der Waals surface area contributed by atoms with Crippen molar-refractivity contribution in [2.24, 2.45) is 0 Å². The molecule has 5 nitrogen and oxygen atoms in total. The minimum atomic E-state index is -4.10. The SMILES string of the molecule is CC(C)(NS(=O)(=O)c1ccc2nc(Cl)cnc2c1)C(F)F. The first-order valence-corrected chi connectivity index (χ1v) is 7.72. The number of rotatable bonds is 4. The molecule has 0 aliphatic heterocycles. The Labute approximate surface area is 125 Å². The first kappa shape index (κ1) is 16.0. The number of halogens is 3. The number of sulfonamides is 1. The molecular formula is C12H12ClF2N3O2S. The van der Waals surface area contributed by atoms with Crippen LogP contribution in [0.15, 0.2) is 29.3 Å². The lowest BCUT2D eigenvalue weighted by molar-refractivity contribution is 0.0644. The Hall–Kier alpha value is -1.38. The van der Waals surface area contributed by atoms with Gasteiger partial charge in [-0.15, -0.1) is 0 Å². The minimum Gasteiger partial charge on any atom is -0.251 e. The summed E-state index contributed by atoms with van der Waals surface area (Å²) in [4.78, 5) is 7.75. The zero-order valence-corrected chi connectivity index (χ0v) is 12.7. The van der Waals surface area contributed by atoms with Crippen LogP contribution in [0.5, 0.6) is 0 Å². The van der Waals surface area contributed by atoms with Crippen LogP contribution < -0.4 is 4.72 Å². The van der Waals surface area contributed by atoms with Crippen molar-refractivity contribution < 1.29 is 17.2 Å². The van der Waals surface area contributed by atoms with E-state index >= 15 is 0 Å². The van der Waals surface area contributed by atoms with E-state index in [9.17, 15) is 17.2 Å². The number of aromatic nitrogens is 2. The predicted octanol–water partition coefficient (Wildman–Crippen LogP) is 2.61. The van der Waals surface area contributed by atoms with Gasteiger partial charge in [-0.1, -0.05) is 11.6 Å². The summed E-state index contributed by atoms with van der Waals surface area (Å²) < 4.78 is 51.8. The molecule has 2 rings (SSSR count). The fraction of sp³-hybridized carbons (Fsp3) is 0.333. The molecule has 0 aliphatic rings. The lowest BCUT2D eigenvalue weighted by Gasteiger charge is -2.24. The maximum absolute atomic E-state index is 12.8. The molecule has 1 aromatic carbocycles. The van der Waals surface area contributed by atoms with Crippen LogP contribution in [0.25, 0.3) is 11.0 Å². The van der Waals surface area contributed by atoms with Crippen molar-refractivity contribution in [2.75, 3.05) is 0 Å². The molecule has 0 saturated heterocycles. The number of alkyl halides is 2. The van der Waals surface area contributed by atoms with E-state index in [0.29, 0.717) is 11.0 Å². The van der Waals surface area contributed by atoms with Gasteiger partial charge in [0.1, 0.15) is 5.15 Å². The molecule has 1 heterocycles. The van der Waals surface area contributed by atoms with E-state index in [4.69, 9.17) is 11.6 Å². The largest absolute Gasteiger partial charge is 0.256 e. The first-order chi connectivity index (χ1) is 9.62. The van der Waals surface area contributed by atoms with Gasteiger partial charge in [0, 0.05) is 0 Å². The van der Waals surface area contributed by atoms with E-state index in [1.165, 1.54) is 24.4 Å². The molecule has 0 saturated carbocycles. The van der Waals surface area contributed by atoms with Crippen molar-refractivity contribution in [3.8, 4) is 0 Å². The summed E-state index contributed by atoms with van der Waals surface area (Å²) in [7, 11) is -4.10. The molecule has 0 bridgehead atoms. The van der Waals surface area contributed by atoms with Gasteiger partial charge in [0.05, 0.1) is 27.7 Å². The third-order valence-corrected chi connectivity index (χ3v) is 4.59. The Kier molecular flexibility index (Phi) is 4.14. The lowest BCUT2D eigenvalue weighted by atomic mass is 10.1. The lowest BCUT2D eigenvalue weighted by Crippen LogP contribution is -2.48. The summed E-state index contributed by atoms with van der Waals surface area (Å²) in [5.74, 6) is 0. The number of nitrogens with zero attached hydrogens (tertiary/aromatic N) is 2. The molecule has 0 radical (unpaired) electrons. The van der Waals surface area contributed by atoms with Gasteiger partial charge in [0.2, 0.25) is 10.0 Å². The van der Waals surface area contributed by atoms with E-state index in [2.05, 4.69) is 9.97 Å². The molecular weight excluding hydrogens is 324 g/mol. The Bertz CT molecular complexity index is 781. The van der Waals surface area contributed by atoms with E-state index in [0.717, 1.165) is 13.8 Å². The van der Waals surface area contributed by atoms with Crippen molar-refractivity contribution in [3.63, 3.8) is 0 Å². The average Bonchev–Trinajstić information content (AvgIpc) is 2.36. The highest BCUT2D eigenvalue weighted by Gasteiger charge is 2.34. The molecule has 0 spiro atoms. The van der Waals surface area contributed by atoms with Gasteiger partial charge in [0.25, 0.3) is 6.43 Å². The fourth-order valence-electron chi connectivity index (χ4n) is 1.58. The van der Waals surface area contributed by atoms with Crippen LogP contribution in [-0.2, 0) is 10.0 Å². The van der Waals surface area contributed by atoms with Crippen molar-refractivity contribution >= 4 is 32.7 Å². The van der Waals surface area contributed by atoms with Gasteiger partial charge in [-0.2, -0.15) is 4.72 Å². The number of fused-ring (bicyclic) bond motifs is 1. The molecule has 9 heteroatoms. The van der Waals surface area contributed by atoms with Crippen LogP contribution in [0, 0.1) is 0 Å². The zero-order valence-electron chi connectivity index (χ0n) is 11.1. The maximum atomic E-state index is 12.8. The minimum absolute atomic E-state index is 0.166. The molecule has 2 aromatic rings. The van der Waals surface area contributed by atoms with Gasteiger partial charge < -0.3 is 0 Å². The molecule has 0 unspecified atom stereocenters. The van der Waals surface area contributed by atoms with Crippen molar-refractivity contribution in [3.05, 3.63) is 29.5 Å². The van der Waals surface area contributed by atoms with Crippen molar-refractivity contribution in [2.45, 2.75) is 30.7 Å². The summed E-state index contributed by atoms with van der Waals surface area (Å²) in [6, 6.07) is 3.93. The maximum Gasteiger partial charge on any atom is 0.256 e. The highest BCUT2D eigenvalue weighted by Crippen LogP contribution is 2.21. The van der Waals surface area contributed by atoms with Crippen LogP contribution in [0.3, 0.4) is 0 Å². The van der Waals surface area contributed by atoms with Crippen molar-refractivity contribution in [1.82, 2.24) is 14.7 Å². The number of nitrogens with one attached hydrogen (secondary N) is 1. The Morgan fingerprint density at radius 1 is 1.29 bits per heavy atom.